The van der Waals surface area contributed by atoms with Crippen LogP contribution in [-0.2, 0) is 0 Å². The fraction of sp³-hybridized carbons (Fsp3) is 0.294. The van der Waals surface area contributed by atoms with Gasteiger partial charge < -0.3 is 15.0 Å². The van der Waals surface area contributed by atoms with Gasteiger partial charge in [0.05, 0.1) is 7.11 Å². The maximum atomic E-state index is 5.55. The van der Waals surface area contributed by atoms with Crippen LogP contribution in [0.3, 0.4) is 0 Å². The predicted molar refractivity (Wildman–Crippen MR) is 95.7 cm³/mol. The zero-order valence-electron chi connectivity index (χ0n) is 12.8. The van der Waals surface area contributed by atoms with E-state index in [2.05, 4.69) is 38.3 Å². The van der Waals surface area contributed by atoms with E-state index in [4.69, 9.17) is 14.7 Å². The molecule has 0 aliphatic carbocycles. The summed E-state index contributed by atoms with van der Waals surface area (Å²) in [6.07, 6.45) is 7.18. The van der Waals surface area contributed by atoms with Crippen LogP contribution in [0.25, 0.3) is 16.5 Å². The van der Waals surface area contributed by atoms with Crippen molar-refractivity contribution in [2.24, 2.45) is 0 Å². The lowest BCUT2D eigenvalue weighted by Crippen LogP contribution is -2.38. The number of hydrogen-bond donors (Lipinski definition) is 1. The van der Waals surface area contributed by atoms with E-state index in [1.54, 1.807) is 7.11 Å². The number of aromatic nitrogens is 2. The summed E-state index contributed by atoms with van der Waals surface area (Å²) in [7, 11) is 1.68. The average molecular weight is 373 g/mol. The van der Waals surface area contributed by atoms with Crippen LogP contribution in [0.2, 0.25) is 0 Å². The normalized spacial score (nSPS) is 16.8. The fourth-order valence-electron chi connectivity index (χ4n) is 2.83. The average Bonchev–Trinajstić information content (AvgIpc) is 2.53. The van der Waals surface area contributed by atoms with Crippen molar-refractivity contribution >= 4 is 38.2 Å². The minimum Gasteiger partial charge on any atom is -0.494 e. The molecule has 23 heavy (non-hydrogen) atoms. The van der Waals surface area contributed by atoms with Crippen molar-refractivity contribution in [1.82, 2.24) is 15.3 Å². The molecule has 0 atom stereocenters. The minimum atomic E-state index is 0.736. The number of methoxy groups -OCH3 is 1. The lowest BCUT2D eigenvalue weighted by atomic mass is 10.1. The molecule has 2 aliphatic rings. The highest BCUT2D eigenvalue weighted by molar-refractivity contribution is 9.10. The summed E-state index contributed by atoms with van der Waals surface area (Å²) in [5, 5.41) is 4.24. The Balaban J connectivity index is 1.97. The highest BCUT2D eigenvalue weighted by Crippen LogP contribution is 2.36. The van der Waals surface area contributed by atoms with Crippen molar-refractivity contribution in [3.8, 4) is 5.75 Å². The zero-order valence-corrected chi connectivity index (χ0v) is 14.4. The molecular weight excluding hydrogens is 356 g/mol. The third-order valence-corrected chi connectivity index (χ3v) is 4.63. The van der Waals surface area contributed by atoms with Crippen LogP contribution in [0.1, 0.15) is 12.2 Å². The monoisotopic (exact) mass is 372 g/mol. The Morgan fingerprint density at radius 1 is 1.26 bits per heavy atom. The van der Waals surface area contributed by atoms with Gasteiger partial charge in [-0.05, 0) is 30.8 Å². The van der Waals surface area contributed by atoms with Crippen molar-refractivity contribution in [1.29, 1.82) is 0 Å². The van der Waals surface area contributed by atoms with Crippen LogP contribution < -0.4 is 15.0 Å². The van der Waals surface area contributed by atoms with Crippen molar-refractivity contribution in [2.45, 2.75) is 6.42 Å². The van der Waals surface area contributed by atoms with E-state index >= 15 is 0 Å². The van der Waals surface area contributed by atoms with Crippen LogP contribution in [0.15, 0.2) is 35.0 Å². The maximum Gasteiger partial charge on any atom is 0.160 e. The van der Waals surface area contributed by atoms with Crippen molar-refractivity contribution in [3.05, 3.63) is 40.8 Å². The van der Waals surface area contributed by atoms with Gasteiger partial charge in [-0.1, -0.05) is 22.0 Å². The largest absolute Gasteiger partial charge is 0.494 e. The van der Waals surface area contributed by atoms with Crippen molar-refractivity contribution in [3.63, 3.8) is 0 Å². The second kappa shape index (κ2) is 5.85. The Kier molecular flexibility index (Phi) is 3.69. The Bertz CT molecular complexity index is 827. The van der Waals surface area contributed by atoms with E-state index in [9.17, 15) is 0 Å². The first kappa shape index (κ1) is 14.5. The molecule has 0 saturated carbocycles. The van der Waals surface area contributed by atoms with Crippen molar-refractivity contribution < 1.29 is 4.74 Å². The molecule has 0 spiro atoms. The standard InChI is InChI=1S/C17H17BrN4O/c1-23-14-9-12(18)8-13-15(14)20-16(11-4-2-5-19-10-11)21-17(13)22-6-3-7-22/h2,4-5,8-9,19H,3,6-7,10H2,1H3. The van der Waals surface area contributed by atoms with E-state index in [1.165, 1.54) is 6.42 Å². The summed E-state index contributed by atoms with van der Waals surface area (Å²) < 4.78 is 6.52. The second-order valence-electron chi connectivity index (χ2n) is 5.65. The Morgan fingerprint density at radius 3 is 2.78 bits per heavy atom. The Labute approximate surface area is 143 Å². The lowest BCUT2D eigenvalue weighted by molar-refractivity contribution is 0.418. The van der Waals surface area contributed by atoms with Gasteiger partial charge in [0.15, 0.2) is 5.82 Å². The van der Waals surface area contributed by atoms with Crippen LogP contribution in [0.5, 0.6) is 5.75 Å². The molecule has 4 rings (SSSR count). The quantitative estimate of drug-likeness (QED) is 0.896. The van der Waals surface area contributed by atoms with Crippen molar-refractivity contribution in [2.75, 3.05) is 31.6 Å². The molecule has 3 heterocycles. The molecule has 1 N–H and O–H groups in total. The number of dihydropyridines is 1. The molecule has 2 aliphatic heterocycles. The van der Waals surface area contributed by atoms with Gasteiger partial charge in [-0.2, -0.15) is 0 Å². The summed E-state index contributed by atoms with van der Waals surface area (Å²) in [5.74, 6) is 2.52. The fourth-order valence-corrected chi connectivity index (χ4v) is 3.27. The first-order valence-corrected chi connectivity index (χ1v) is 8.45. The number of nitrogens with zero attached hydrogens (tertiary/aromatic N) is 3. The van der Waals surface area contributed by atoms with Gasteiger partial charge in [0.1, 0.15) is 17.1 Å². The lowest BCUT2D eigenvalue weighted by Gasteiger charge is -2.33. The number of anilines is 1. The molecule has 1 fully saturated rings. The number of fused-ring (bicyclic) bond motifs is 1. The number of ether oxygens (including phenoxy) is 1. The van der Waals surface area contributed by atoms with Gasteiger partial charge >= 0.3 is 0 Å². The van der Waals surface area contributed by atoms with Gasteiger partial charge in [0, 0.05) is 35.1 Å². The summed E-state index contributed by atoms with van der Waals surface area (Å²) in [6, 6.07) is 4.02. The van der Waals surface area contributed by atoms with E-state index < -0.39 is 0 Å². The summed E-state index contributed by atoms with van der Waals surface area (Å²) in [6.45, 7) is 2.81. The van der Waals surface area contributed by atoms with E-state index in [0.717, 1.165) is 58.0 Å². The van der Waals surface area contributed by atoms with Gasteiger partial charge in [0.2, 0.25) is 0 Å². The van der Waals surface area contributed by atoms with Crippen LogP contribution in [0, 0.1) is 0 Å². The number of rotatable bonds is 3. The molecule has 0 bridgehead atoms. The molecular formula is C17H17BrN4O. The number of allylic oxidation sites excluding steroid dienone is 2. The predicted octanol–water partition coefficient (Wildman–Crippen LogP) is 3.11. The van der Waals surface area contributed by atoms with E-state index in [1.807, 2.05) is 18.3 Å². The Morgan fingerprint density at radius 2 is 2.13 bits per heavy atom. The molecule has 2 aromatic rings. The van der Waals surface area contributed by atoms with Crippen LogP contribution in [0.4, 0.5) is 5.82 Å². The summed E-state index contributed by atoms with van der Waals surface area (Å²) >= 11 is 3.56. The SMILES string of the molecule is COc1cc(Br)cc2c(N3CCC3)nc(C3=CC=CNC3)nc12. The smallest absolute Gasteiger partial charge is 0.160 e. The van der Waals surface area contributed by atoms with E-state index in [0.29, 0.717) is 0 Å². The zero-order chi connectivity index (χ0) is 15.8. The number of hydrogen-bond acceptors (Lipinski definition) is 5. The molecule has 5 nitrogen and oxygen atoms in total. The molecule has 0 unspecified atom stereocenters. The van der Waals surface area contributed by atoms with Gasteiger partial charge in [-0.25, -0.2) is 9.97 Å². The molecule has 0 radical (unpaired) electrons. The van der Waals surface area contributed by atoms with Crippen LogP contribution >= 0.6 is 15.9 Å². The minimum absolute atomic E-state index is 0.736. The second-order valence-corrected chi connectivity index (χ2v) is 6.56. The Hall–Kier alpha value is -2.08. The highest BCUT2D eigenvalue weighted by atomic mass is 79.9. The van der Waals surface area contributed by atoms with Gasteiger partial charge in [-0.15, -0.1) is 0 Å². The first-order chi connectivity index (χ1) is 11.3. The topological polar surface area (TPSA) is 50.3 Å². The van der Waals surface area contributed by atoms with Crippen LogP contribution in [-0.4, -0.2) is 36.7 Å². The molecule has 1 saturated heterocycles. The van der Waals surface area contributed by atoms with Gasteiger partial charge in [-0.3, -0.25) is 0 Å². The molecule has 118 valence electrons. The molecule has 6 heteroatoms. The maximum absolute atomic E-state index is 5.55. The van der Waals surface area contributed by atoms with Gasteiger partial charge in [0.25, 0.3) is 0 Å². The number of nitrogens with one attached hydrogen (secondary N) is 1. The summed E-state index contributed by atoms with van der Waals surface area (Å²) in [5.41, 5.74) is 1.94. The van der Waals surface area contributed by atoms with E-state index in [-0.39, 0.29) is 0 Å². The summed E-state index contributed by atoms with van der Waals surface area (Å²) in [4.78, 5) is 11.9. The molecule has 0 amide bonds. The molecule has 1 aromatic heterocycles. The number of halogens is 1. The number of benzene rings is 1. The first-order valence-electron chi connectivity index (χ1n) is 7.66. The third kappa shape index (κ3) is 2.57. The molecule has 1 aromatic carbocycles. The highest BCUT2D eigenvalue weighted by Gasteiger charge is 2.22. The third-order valence-electron chi connectivity index (χ3n) is 4.18.